The number of rotatable bonds is 1. The molecule has 15 heavy (non-hydrogen) atoms. The molecule has 1 heterocycles. The van der Waals surface area contributed by atoms with Gasteiger partial charge in [-0.25, -0.2) is 0 Å². The summed E-state index contributed by atoms with van der Waals surface area (Å²) in [7, 11) is 0. The minimum atomic E-state index is -4.80. The van der Waals surface area contributed by atoms with Crippen LogP contribution in [0.2, 0.25) is 0 Å². The molecule has 0 amide bonds. The number of halogens is 4. The predicted octanol–water partition coefficient (Wildman–Crippen LogP) is -2.35. The van der Waals surface area contributed by atoms with Crippen molar-refractivity contribution in [3.8, 4) is 11.8 Å². The molecule has 0 saturated heterocycles. The molecular formula is C7H2ClF3MgN2O. The van der Waals surface area contributed by atoms with Crippen LogP contribution in [0.15, 0.2) is 12.1 Å². The van der Waals surface area contributed by atoms with Gasteiger partial charge in [0.05, 0.1) is 0 Å². The summed E-state index contributed by atoms with van der Waals surface area (Å²) in [5.41, 5.74) is -0.366. The van der Waals surface area contributed by atoms with Crippen molar-refractivity contribution in [1.29, 1.82) is 5.26 Å². The van der Waals surface area contributed by atoms with Crippen LogP contribution in [0.1, 0.15) is 5.69 Å². The predicted molar refractivity (Wildman–Crippen MR) is 41.0 cm³/mol. The Morgan fingerprint density at radius 1 is 1.40 bits per heavy atom. The molecular weight excluding hydrogens is 245 g/mol. The minimum absolute atomic E-state index is 0. The number of hydrogen-bond donors (Lipinski definition) is 0. The van der Waals surface area contributed by atoms with E-state index in [-0.39, 0.29) is 18.1 Å². The van der Waals surface area contributed by atoms with Gasteiger partial charge in [0.1, 0.15) is 0 Å². The van der Waals surface area contributed by atoms with Gasteiger partial charge in [0.2, 0.25) is 0 Å². The molecule has 0 aromatic carbocycles. The molecule has 0 saturated carbocycles. The van der Waals surface area contributed by atoms with Crippen LogP contribution in [-0.4, -0.2) is 33.1 Å². The summed E-state index contributed by atoms with van der Waals surface area (Å²) in [5, 5.41) is 8.48. The maximum atomic E-state index is 11.8. The molecule has 8 heteroatoms. The van der Waals surface area contributed by atoms with Gasteiger partial charge >= 0.3 is 89.7 Å². The van der Waals surface area contributed by atoms with Crippen LogP contribution in [0.5, 0.6) is 5.75 Å². The van der Waals surface area contributed by atoms with E-state index in [9.17, 15) is 13.2 Å². The van der Waals surface area contributed by atoms with E-state index in [1.165, 1.54) is 33.8 Å². The normalized spacial score (nSPS) is 10.1. The second-order valence-corrected chi connectivity index (χ2v) is 3.03. The Bertz CT molecular complexity index is 391. The summed E-state index contributed by atoms with van der Waals surface area (Å²) in [5.74, 6) is -0.574. The van der Waals surface area contributed by atoms with E-state index in [2.05, 4.69) is 9.72 Å². The van der Waals surface area contributed by atoms with Gasteiger partial charge in [0.15, 0.2) is 0 Å². The monoisotopic (exact) mass is 246 g/mol. The zero-order valence-corrected chi connectivity index (χ0v) is 9.35. The van der Waals surface area contributed by atoms with Crippen molar-refractivity contribution in [2.75, 3.05) is 0 Å². The molecule has 0 bridgehead atoms. The third kappa shape index (κ3) is 4.55. The first-order chi connectivity index (χ1) is 6.42. The molecule has 0 radical (unpaired) electrons. The topological polar surface area (TPSA) is 45.9 Å². The first-order valence-electron chi connectivity index (χ1n) is 3.41. The fourth-order valence-electron chi connectivity index (χ4n) is 0.774. The van der Waals surface area contributed by atoms with Crippen molar-refractivity contribution in [3.63, 3.8) is 0 Å². The Balaban J connectivity index is 0.00000196. The van der Waals surface area contributed by atoms with Gasteiger partial charge in [-0.1, -0.05) is 0 Å². The van der Waals surface area contributed by atoms with Crippen molar-refractivity contribution in [1.82, 2.24) is 4.98 Å². The molecule has 0 unspecified atom stereocenters. The average molecular weight is 247 g/mol. The van der Waals surface area contributed by atoms with Crippen LogP contribution in [-0.2, 0) is 0 Å². The molecule has 3 nitrogen and oxygen atoms in total. The van der Waals surface area contributed by atoms with Gasteiger partial charge < -0.3 is 12.4 Å². The zero-order valence-electron chi connectivity index (χ0n) is 7.18. The molecule has 0 atom stereocenters. The van der Waals surface area contributed by atoms with Crippen molar-refractivity contribution in [2.45, 2.75) is 6.36 Å². The van der Waals surface area contributed by atoms with Gasteiger partial charge in [-0.15, -0.1) is 0 Å². The molecule has 1 aromatic rings. The van der Waals surface area contributed by atoms with Crippen molar-refractivity contribution >= 4 is 25.5 Å². The molecule has 0 aliphatic heterocycles. The first-order valence-corrected chi connectivity index (χ1v) is 4.12. The number of nitriles is 1. The zero-order chi connectivity index (χ0) is 10.8. The van der Waals surface area contributed by atoms with Crippen LogP contribution in [0.3, 0.4) is 0 Å². The Morgan fingerprint density at radius 3 is 2.47 bits per heavy atom. The molecule has 1 aromatic heterocycles. The molecule has 0 fully saturated rings. The van der Waals surface area contributed by atoms with Gasteiger partial charge in [0.25, 0.3) is 0 Å². The second kappa shape index (κ2) is 5.39. The maximum Gasteiger partial charge on any atom is -1.00 e. The first kappa shape index (κ1) is 14.3. The average Bonchev–Trinajstić information content (AvgIpc) is 2.06. The summed E-state index contributed by atoms with van der Waals surface area (Å²) in [4.78, 5) is 3.60. The second-order valence-electron chi connectivity index (χ2n) is 2.31. The van der Waals surface area contributed by atoms with Crippen LogP contribution >= 0.6 is 0 Å². The van der Waals surface area contributed by atoms with Crippen LogP contribution in [0, 0.1) is 11.3 Å². The minimum Gasteiger partial charge on any atom is -1.00 e. The van der Waals surface area contributed by atoms with Gasteiger partial charge in [0, 0.05) is 0 Å². The van der Waals surface area contributed by atoms with E-state index in [1.54, 1.807) is 0 Å². The quantitative estimate of drug-likeness (QED) is 0.522. The molecule has 76 valence electrons. The Labute approximate surface area is 102 Å². The van der Waals surface area contributed by atoms with Crippen molar-refractivity contribution in [3.05, 3.63) is 17.8 Å². The van der Waals surface area contributed by atoms with Crippen LogP contribution in [0.25, 0.3) is 0 Å². The van der Waals surface area contributed by atoms with E-state index in [0.29, 0.717) is 3.82 Å². The summed E-state index contributed by atoms with van der Waals surface area (Å²) in [6.07, 6.45) is -4.80. The van der Waals surface area contributed by atoms with Gasteiger partial charge in [-0.3, -0.25) is 0 Å². The van der Waals surface area contributed by atoms with Crippen LogP contribution < -0.4 is 21.0 Å². The van der Waals surface area contributed by atoms with Gasteiger partial charge in [-0.2, -0.15) is 0 Å². The summed E-state index contributed by atoms with van der Waals surface area (Å²) in [6.45, 7) is 0. The van der Waals surface area contributed by atoms with Gasteiger partial charge in [-0.05, 0) is 0 Å². The smallest absolute Gasteiger partial charge is 1.00 e. The number of aromatic nitrogens is 1. The van der Waals surface area contributed by atoms with Crippen LogP contribution in [0.4, 0.5) is 13.2 Å². The number of alkyl halides is 3. The third-order valence-corrected chi connectivity index (χ3v) is 1.64. The van der Waals surface area contributed by atoms with E-state index in [0.717, 1.165) is 6.07 Å². The fraction of sp³-hybridized carbons (Fsp3) is 0.143. The van der Waals surface area contributed by atoms with E-state index < -0.39 is 12.1 Å². The van der Waals surface area contributed by atoms with Crippen molar-refractivity contribution < 1.29 is 30.3 Å². The Morgan fingerprint density at radius 2 is 2.00 bits per heavy atom. The summed E-state index contributed by atoms with van der Waals surface area (Å²) >= 11 is 1.37. The molecule has 0 aliphatic rings. The molecule has 0 spiro atoms. The fourth-order valence-corrected chi connectivity index (χ4v) is 1.05. The Kier molecular flexibility index (Phi) is 5.14. The largest absolute Gasteiger partial charge is 1.00 e. The van der Waals surface area contributed by atoms with E-state index in [1.807, 2.05) is 0 Å². The number of pyridine rings is 1. The van der Waals surface area contributed by atoms with E-state index >= 15 is 0 Å². The van der Waals surface area contributed by atoms with Crippen molar-refractivity contribution in [2.24, 2.45) is 0 Å². The molecule has 0 N–H and O–H groups in total. The van der Waals surface area contributed by atoms with E-state index in [4.69, 9.17) is 5.26 Å². The third-order valence-electron chi connectivity index (χ3n) is 1.25. The maximum absolute atomic E-state index is 11.8. The number of ether oxygens (including phenoxy) is 1. The number of hydrogen-bond acceptors (Lipinski definition) is 3. The Hall–Kier alpha value is -0.714. The SMILES string of the molecule is N#Cc1n[c]([Mg+])ccc1OC(F)(F)F.[Cl-]. The molecule has 1 rings (SSSR count). The summed E-state index contributed by atoms with van der Waals surface area (Å²) < 4.78 is 39.5. The standard InChI is InChI=1S/C7H2F3N2O.ClH.Mg/c8-7(9,10)13-6-2-1-3-12-5(6)4-11;;/h1-2H;1H;/q;;+1/p-1. The summed E-state index contributed by atoms with van der Waals surface area (Å²) in [6, 6.07) is 3.95. The number of nitrogens with zero attached hydrogens (tertiary/aromatic N) is 2. The molecule has 0 aliphatic carbocycles.